The number of thioether (sulfide) groups is 1. The van der Waals surface area contributed by atoms with E-state index in [0.29, 0.717) is 11.8 Å². The molecule has 0 radical (unpaired) electrons. The minimum atomic E-state index is -0.130. The molecule has 0 amide bonds. The summed E-state index contributed by atoms with van der Waals surface area (Å²) in [5, 5.41) is 10.9. The number of fused-ring (bicyclic) bond motifs is 13. The Morgan fingerprint density at radius 3 is 2.33 bits per heavy atom. The van der Waals surface area contributed by atoms with Gasteiger partial charge in [0.2, 0.25) is 5.95 Å². The lowest BCUT2D eigenvalue weighted by molar-refractivity contribution is 0.309. The summed E-state index contributed by atoms with van der Waals surface area (Å²) in [7, 11) is 0. The molecule has 11 rings (SSSR count). The van der Waals surface area contributed by atoms with Crippen molar-refractivity contribution < 1.29 is 0 Å². The molecule has 4 heteroatoms. The Kier molecular flexibility index (Phi) is 7.38. The van der Waals surface area contributed by atoms with Crippen LogP contribution in [0.5, 0.6) is 0 Å². The molecular weight excluding hydrogens is 687 g/mol. The molecule has 4 atom stereocenters. The molecule has 0 saturated heterocycles. The van der Waals surface area contributed by atoms with Gasteiger partial charge in [-0.15, -0.1) is 11.8 Å². The third kappa shape index (κ3) is 4.90. The summed E-state index contributed by atoms with van der Waals surface area (Å²) in [5.74, 6) is 2.50. The highest BCUT2D eigenvalue weighted by molar-refractivity contribution is 7.98. The van der Waals surface area contributed by atoms with Gasteiger partial charge in [-0.2, -0.15) is 0 Å². The van der Waals surface area contributed by atoms with Crippen molar-refractivity contribution in [3.05, 3.63) is 167 Å². The molecule has 3 nitrogen and oxygen atoms in total. The van der Waals surface area contributed by atoms with Crippen LogP contribution in [-0.4, -0.2) is 14.5 Å². The van der Waals surface area contributed by atoms with E-state index in [0.717, 1.165) is 45.7 Å². The minimum Gasteiger partial charge on any atom is -0.281 e. The Bertz CT molecular complexity index is 3090. The highest BCUT2D eigenvalue weighted by Crippen LogP contribution is 2.53. The fourth-order valence-electron chi connectivity index (χ4n) is 9.85. The summed E-state index contributed by atoms with van der Waals surface area (Å²) >= 11 is 1.96. The van der Waals surface area contributed by atoms with Gasteiger partial charge in [-0.05, 0) is 68.4 Å². The summed E-state index contributed by atoms with van der Waals surface area (Å²) in [6, 6.07) is 42.0. The molecule has 0 bridgehead atoms. The van der Waals surface area contributed by atoms with E-state index in [2.05, 4.69) is 177 Å². The van der Waals surface area contributed by atoms with Crippen LogP contribution in [0.4, 0.5) is 0 Å². The molecule has 2 aliphatic carbocycles. The van der Waals surface area contributed by atoms with Gasteiger partial charge in [0, 0.05) is 49.2 Å². The van der Waals surface area contributed by atoms with Crippen molar-refractivity contribution in [2.75, 3.05) is 0 Å². The molecule has 3 heterocycles. The summed E-state index contributed by atoms with van der Waals surface area (Å²) in [6.07, 6.45) is 15.4. The van der Waals surface area contributed by atoms with Gasteiger partial charge in [-0.25, -0.2) is 9.97 Å². The maximum atomic E-state index is 5.75. The lowest BCUT2D eigenvalue weighted by atomic mass is 9.62. The number of hydrogen-bond donors (Lipinski definition) is 0. The Morgan fingerprint density at radius 2 is 1.47 bits per heavy atom. The van der Waals surface area contributed by atoms with Crippen LogP contribution < -0.4 is 10.6 Å². The standard InChI is InChI=1S/C51H41N3S/c1-31-23-26-43-41(28-31)46-42-21-12-13-27-51(42,3)32(2)36-16-10-11-22-45(36)55-30-44(46)54(43)50-52-48(35-25-24-33-14-4-5-15-34(33)29-35)47-39-19-8-6-17-37(39)38-18-7-9-20-40(38)49(47)53-50/h4-22,24-29,31-32,42H,23,30H2,1-3H3. The maximum Gasteiger partial charge on any atom is 0.235 e. The Labute approximate surface area is 325 Å². The van der Waals surface area contributed by atoms with E-state index in [-0.39, 0.29) is 11.3 Å². The van der Waals surface area contributed by atoms with E-state index >= 15 is 0 Å². The van der Waals surface area contributed by atoms with Gasteiger partial charge in [0.15, 0.2) is 0 Å². The normalized spacial score (nSPS) is 21.5. The average Bonchev–Trinajstić information content (AvgIpc) is 3.56. The lowest BCUT2D eigenvalue weighted by Gasteiger charge is -2.41. The van der Waals surface area contributed by atoms with Crippen LogP contribution in [0.25, 0.3) is 72.6 Å². The molecule has 8 aromatic rings. The molecule has 3 aliphatic rings. The van der Waals surface area contributed by atoms with Gasteiger partial charge < -0.3 is 0 Å². The first-order valence-corrected chi connectivity index (χ1v) is 20.6. The van der Waals surface area contributed by atoms with Crippen molar-refractivity contribution in [2.45, 2.75) is 49.7 Å². The van der Waals surface area contributed by atoms with Crippen LogP contribution in [0.1, 0.15) is 55.8 Å². The third-order valence-electron chi connectivity index (χ3n) is 12.8. The van der Waals surface area contributed by atoms with Crippen molar-refractivity contribution in [2.24, 2.45) is 11.3 Å². The zero-order valence-electron chi connectivity index (χ0n) is 31.3. The van der Waals surface area contributed by atoms with Gasteiger partial charge in [0.25, 0.3) is 0 Å². The number of rotatable bonds is 2. The number of aromatic nitrogens is 3. The van der Waals surface area contributed by atoms with E-state index < -0.39 is 0 Å². The van der Waals surface area contributed by atoms with Gasteiger partial charge in [-0.1, -0.05) is 160 Å². The topological polar surface area (TPSA) is 30.7 Å². The molecule has 55 heavy (non-hydrogen) atoms. The summed E-state index contributed by atoms with van der Waals surface area (Å²) in [5.41, 5.74) is 7.08. The first kappa shape index (κ1) is 32.7. The molecule has 0 fully saturated rings. The number of benzene rings is 6. The Morgan fingerprint density at radius 1 is 0.745 bits per heavy atom. The molecule has 2 aromatic heterocycles. The SMILES string of the molecule is CC1C=c2c3c(n(-c4nc(-c5ccc6ccccc6c5)c5c6ccccc6c6ccccc6c5n4)c2=CC1)CSc1ccccc1C(C)C1(C)C=CC=CC31. The Hall–Kier alpha value is -5.71. The molecule has 0 saturated carbocycles. The van der Waals surface area contributed by atoms with Crippen molar-refractivity contribution in [3.8, 4) is 17.2 Å². The average molecular weight is 728 g/mol. The van der Waals surface area contributed by atoms with E-state index in [4.69, 9.17) is 9.97 Å². The number of allylic oxidation sites excluding steroid dienone is 4. The predicted octanol–water partition coefficient (Wildman–Crippen LogP) is 11.8. The van der Waals surface area contributed by atoms with Crippen molar-refractivity contribution in [1.82, 2.24) is 14.5 Å². The molecule has 266 valence electrons. The fraction of sp³-hybridized carbons (Fsp3) is 0.176. The van der Waals surface area contributed by atoms with E-state index in [9.17, 15) is 0 Å². The van der Waals surface area contributed by atoms with Gasteiger partial charge in [-0.3, -0.25) is 4.57 Å². The largest absolute Gasteiger partial charge is 0.281 e. The quantitative estimate of drug-likeness (QED) is 0.166. The maximum absolute atomic E-state index is 5.75. The second kappa shape index (κ2) is 12.4. The Balaban J connectivity index is 1.29. The van der Waals surface area contributed by atoms with Gasteiger partial charge >= 0.3 is 0 Å². The van der Waals surface area contributed by atoms with Gasteiger partial charge in [0.1, 0.15) is 0 Å². The van der Waals surface area contributed by atoms with E-state index in [1.807, 2.05) is 11.8 Å². The molecule has 1 aliphatic heterocycles. The van der Waals surface area contributed by atoms with E-state index in [1.54, 1.807) is 0 Å². The van der Waals surface area contributed by atoms with Crippen LogP contribution in [0, 0.1) is 11.3 Å². The minimum absolute atomic E-state index is 0.130. The van der Waals surface area contributed by atoms with Crippen LogP contribution >= 0.6 is 11.8 Å². The molecule has 0 spiro atoms. The van der Waals surface area contributed by atoms with Gasteiger partial charge in [0.05, 0.1) is 16.6 Å². The van der Waals surface area contributed by atoms with Crippen molar-refractivity contribution in [3.63, 3.8) is 0 Å². The van der Waals surface area contributed by atoms with E-state index in [1.165, 1.54) is 59.2 Å². The molecule has 0 N–H and O–H groups in total. The predicted molar refractivity (Wildman–Crippen MR) is 232 cm³/mol. The zero-order chi connectivity index (χ0) is 36.8. The fourth-order valence-corrected chi connectivity index (χ4v) is 11.0. The summed E-state index contributed by atoms with van der Waals surface area (Å²) in [4.78, 5) is 12.8. The van der Waals surface area contributed by atoms with Crippen molar-refractivity contribution in [1.29, 1.82) is 0 Å². The molecule has 4 unspecified atom stereocenters. The number of nitrogens with zero attached hydrogens (tertiary/aromatic N) is 3. The second-order valence-electron chi connectivity index (χ2n) is 16.0. The first-order chi connectivity index (χ1) is 27.0. The molecule has 6 aromatic carbocycles. The van der Waals surface area contributed by atoms with Crippen LogP contribution in [-0.2, 0) is 5.75 Å². The van der Waals surface area contributed by atoms with Crippen molar-refractivity contribution >= 4 is 67.1 Å². The lowest BCUT2D eigenvalue weighted by Crippen LogP contribution is -2.37. The second-order valence-corrected chi connectivity index (χ2v) is 17.0. The highest BCUT2D eigenvalue weighted by Gasteiger charge is 2.43. The molecular formula is C51H41N3S. The smallest absolute Gasteiger partial charge is 0.235 e. The van der Waals surface area contributed by atoms with Crippen LogP contribution in [0.15, 0.2) is 144 Å². The third-order valence-corrected chi connectivity index (χ3v) is 13.9. The zero-order valence-corrected chi connectivity index (χ0v) is 32.1. The highest BCUT2D eigenvalue weighted by atomic mass is 32.2. The van der Waals surface area contributed by atoms with Crippen LogP contribution in [0.3, 0.4) is 0 Å². The van der Waals surface area contributed by atoms with Crippen LogP contribution in [0.2, 0.25) is 0 Å². The summed E-state index contributed by atoms with van der Waals surface area (Å²) < 4.78 is 2.46. The number of hydrogen-bond acceptors (Lipinski definition) is 3. The first-order valence-electron chi connectivity index (χ1n) is 19.6. The summed E-state index contributed by atoms with van der Waals surface area (Å²) in [6.45, 7) is 7.25. The monoisotopic (exact) mass is 727 g/mol.